The molecular formula is C20H24FN3O2. The molecule has 2 aromatic rings. The van der Waals surface area contributed by atoms with Gasteiger partial charge in [0.1, 0.15) is 5.82 Å². The molecule has 2 rings (SSSR count). The van der Waals surface area contributed by atoms with Crippen molar-refractivity contribution >= 4 is 17.5 Å². The number of hydrogen-bond donors (Lipinski definition) is 3. The van der Waals surface area contributed by atoms with Crippen molar-refractivity contribution in [2.24, 2.45) is 11.7 Å². The van der Waals surface area contributed by atoms with Crippen LogP contribution in [0.2, 0.25) is 0 Å². The lowest BCUT2D eigenvalue weighted by Crippen LogP contribution is -2.41. The molecule has 0 bridgehead atoms. The van der Waals surface area contributed by atoms with Crippen molar-refractivity contribution in [3.8, 4) is 0 Å². The number of amides is 2. The summed E-state index contributed by atoms with van der Waals surface area (Å²) in [6.07, 6.45) is 0.639. The summed E-state index contributed by atoms with van der Waals surface area (Å²) in [5, 5.41) is 5.55. The molecule has 0 unspecified atom stereocenters. The van der Waals surface area contributed by atoms with Gasteiger partial charge in [-0.1, -0.05) is 26.0 Å². The van der Waals surface area contributed by atoms with Crippen LogP contribution in [0.1, 0.15) is 36.2 Å². The van der Waals surface area contributed by atoms with Crippen molar-refractivity contribution < 1.29 is 14.0 Å². The first-order chi connectivity index (χ1) is 12.3. The van der Waals surface area contributed by atoms with Crippen molar-refractivity contribution in [1.82, 2.24) is 5.32 Å². The van der Waals surface area contributed by atoms with Gasteiger partial charge in [0.05, 0.1) is 6.04 Å². The van der Waals surface area contributed by atoms with Gasteiger partial charge in [0, 0.05) is 17.8 Å². The van der Waals surface area contributed by atoms with Crippen LogP contribution in [0.5, 0.6) is 0 Å². The van der Waals surface area contributed by atoms with E-state index in [0.29, 0.717) is 30.1 Å². The standard InChI is InChI=1S/C20H24FN3O2/c1-13(2)11-18(22)20(26)23-12-14-3-9-17(10-4-14)24-19(25)15-5-7-16(21)8-6-15/h3-10,13,18H,11-12,22H2,1-2H3,(H,23,26)(H,24,25)/t18-/m0/s1. The van der Waals surface area contributed by atoms with Crippen LogP contribution in [-0.4, -0.2) is 17.9 Å². The average Bonchev–Trinajstić information content (AvgIpc) is 2.60. The maximum absolute atomic E-state index is 12.9. The van der Waals surface area contributed by atoms with Crippen molar-refractivity contribution in [1.29, 1.82) is 0 Å². The lowest BCUT2D eigenvalue weighted by Gasteiger charge is -2.14. The van der Waals surface area contributed by atoms with E-state index in [-0.39, 0.29) is 17.6 Å². The highest BCUT2D eigenvalue weighted by Gasteiger charge is 2.14. The van der Waals surface area contributed by atoms with Crippen LogP contribution in [0.4, 0.5) is 10.1 Å². The van der Waals surface area contributed by atoms with Crippen LogP contribution in [-0.2, 0) is 11.3 Å². The maximum Gasteiger partial charge on any atom is 0.255 e. The third-order valence-corrected chi connectivity index (χ3v) is 3.85. The van der Waals surface area contributed by atoms with E-state index in [0.717, 1.165) is 5.56 Å². The van der Waals surface area contributed by atoms with Gasteiger partial charge >= 0.3 is 0 Å². The molecule has 5 nitrogen and oxygen atoms in total. The van der Waals surface area contributed by atoms with E-state index in [1.165, 1.54) is 24.3 Å². The zero-order valence-electron chi connectivity index (χ0n) is 15.0. The second kappa shape index (κ2) is 9.10. The number of carbonyl (C=O) groups is 2. The molecule has 0 aliphatic rings. The highest BCUT2D eigenvalue weighted by atomic mass is 19.1. The molecule has 0 heterocycles. The molecule has 1 atom stereocenters. The molecule has 26 heavy (non-hydrogen) atoms. The number of hydrogen-bond acceptors (Lipinski definition) is 3. The van der Waals surface area contributed by atoms with Gasteiger partial charge in [-0.05, 0) is 54.3 Å². The first-order valence-corrected chi connectivity index (χ1v) is 8.54. The summed E-state index contributed by atoms with van der Waals surface area (Å²) >= 11 is 0. The quantitative estimate of drug-likeness (QED) is 0.712. The SMILES string of the molecule is CC(C)C[C@H](N)C(=O)NCc1ccc(NC(=O)c2ccc(F)cc2)cc1. The molecule has 138 valence electrons. The van der Waals surface area contributed by atoms with Crippen molar-refractivity contribution in [3.63, 3.8) is 0 Å². The fraction of sp³-hybridized carbons (Fsp3) is 0.300. The Labute approximate surface area is 152 Å². The minimum absolute atomic E-state index is 0.174. The smallest absolute Gasteiger partial charge is 0.255 e. The zero-order valence-corrected chi connectivity index (χ0v) is 15.0. The minimum Gasteiger partial charge on any atom is -0.351 e. The van der Waals surface area contributed by atoms with E-state index in [4.69, 9.17) is 5.73 Å². The maximum atomic E-state index is 12.9. The van der Waals surface area contributed by atoms with Crippen LogP contribution in [0.3, 0.4) is 0 Å². The van der Waals surface area contributed by atoms with Gasteiger partial charge in [0.25, 0.3) is 5.91 Å². The van der Waals surface area contributed by atoms with Crippen LogP contribution in [0.15, 0.2) is 48.5 Å². The highest BCUT2D eigenvalue weighted by molar-refractivity contribution is 6.04. The summed E-state index contributed by atoms with van der Waals surface area (Å²) in [6.45, 7) is 4.41. The number of nitrogens with one attached hydrogen (secondary N) is 2. The Hall–Kier alpha value is -2.73. The number of rotatable bonds is 7. The number of anilines is 1. The van der Waals surface area contributed by atoms with Gasteiger partial charge in [-0.2, -0.15) is 0 Å². The molecule has 0 aliphatic heterocycles. The van der Waals surface area contributed by atoms with Gasteiger partial charge in [-0.25, -0.2) is 4.39 Å². The van der Waals surface area contributed by atoms with E-state index in [1.54, 1.807) is 12.1 Å². The topological polar surface area (TPSA) is 84.2 Å². The average molecular weight is 357 g/mol. The van der Waals surface area contributed by atoms with E-state index in [2.05, 4.69) is 10.6 Å². The molecule has 0 aliphatic carbocycles. The fourth-order valence-corrected chi connectivity index (χ4v) is 2.45. The van der Waals surface area contributed by atoms with Crippen molar-refractivity contribution in [2.45, 2.75) is 32.9 Å². The largest absolute Gasteiger partial charge is 0.351 e. The molecule has 6 heteroatoms. The number of carbonyl (C=O) groups excluding carboxylic acids is 2. The second-order valence-corrected chi connectivity index (χ2v) is 6.61. The zero-order chi connectivity index (χ0) is 19.1. The molecule has 0 radical (unpaired) electrons. The van der Waals surface area contributed by atoms with E-state index in [1.807, 2.05) is 26.0 Å². The molecule has 0 fully saturated rings. The van der Waals surface area contributed by atoms with Crippen molar-refractivity contribution in [3.05, 3.63) is 65.5 Å². The first-order valence-electron chi connectivity index (χ1n) is 8.54. The first kappa shape index (κ1) is 19.6. The molecule has 2 amide bonds. The Kier molecular flexibility index (Phi) is 6.86. The molecule has 0 saturated carbocycles. The van der Waals surface area contributed by atoms with Gasteiger partial charge in [0.2, 0.25) is 5.91 Å². The summed E-state index contributed by atoms with van der Waals surface area (Å²) in [7, 11) is 0. The lowest BCUT2D eigenvalue weighted by atomic mass is 10.0. The Morgan fingerprint density at radius 2 is 1.65 bits per heavy atom. The second-order valence-electron chi connectivity index (χ2n) is 6.61. The number of nitrogens with two attached hydrogens (primary N) is 1. The Morgan fingerprint density at radius 1 is 1.04 bits per heavy atom. The molecule has 4 N–H and O–H groups in total. The van der Waals surface area contributed by atoms with Crippen LogP contribution in [0, 0.1) is 11.7 Å². The van der Waals surface area contributed by atoms with Crippen LogP contribution in [0.25, 0.3) is 0 Å². The minimum atomic E-state index is -0.510. The molecule has 2 aromatic carbocycles. The monoisotopic (exact) mass is 357 g/mol. The molecule has 0 saturated heterocycles. The summed E-state index contributed by atoms with van der Waals surface area (Å²) < 4.78 is 12.9. The van der Waals surface area contributed by atoms with Gasteiger partial charge in [-0.3, -0.25) is 9.59 Å². The van der Waals surface area contributed by atoms with E-state index >= 15 is 0 Å². The van der Waals surface area contributed by atoms with Gasteiger partial charge < -0.3 is 16.4 Å². The predicted molar refractivity (Wildman–Crippen MR) is 100 cm³/mol. The Bertz CT molecular complexity index is 743. The summed E-state index contributed by atoms with van der Waals surface area (Å²) in [4.78, 5) is 24.0. The molecule has 0 spiro atoms. The highest BCUT2D eigenvalue weighted by Crippen LogP contribution is 2.12. The van der Waals surface area contributed by atoms with Crippen molar-refractivity contribution in [2.75, 3.05) is 5.32 Å². The van der Waals surface area contributed by atoms with Crippen LogP contribution < -0.4 is 16.4 Å². The lowest BCUT2D eigenvalue weighted by molar-refractivity contribution is -0.122. The third-order valence-electron chi connectivity index (χ3n) is 3.85. The van der Waals surface area contributed by atoms with Gasteiger partial charge in [-0.15, -0.1) is 0 Å². The van der Waals surface area contributed by atoms with E-state index < -0.39 is 6.04 Å². The Balaban J connectivity index is 1.87. The predicted octanol–water partition coefficient (Wildman–Crippen LogP) is 3.07. The number of benzene rings is 2. The normalized spacial score (nSPS) is 11.9. The summed E-state index contributed by atoms with van der Waals surface area (Å²) in [5.74, 6) is -0.515. The Morgan fingerprint density at radius 3 is 2.23 bits per heavy atom. The fourth-order valence-electron chi connectivity index (χ4n) is 2.45. The van der Waals surface area contributed by atoms with E-state index in [9.17, 15) is 14.0 Å². The van der Waals surface area contributed by atoms with Crippen LogP contribution >= 0.6 is 0 Å². The number of halogens is 1. The third kappa shape index (κ3) is 5.97. The summed E-state index contributed by atoms with van der Waals surface area (Å²) in [5.41, 5.74) is 7.73. The molecular weight excluding hydrogens is 333 g/mol. The van der Waals surface area contributed by atoms with Gasteiger partial charge in [0.15, 0.2) is 0 Å². The summed E-state index contributed by atoms with van der Waals surface area (Å²) in [6, 6.07) is 11.9. The molecule has 0 aromatic heterocycles.